The van der Waals surface area contributed by atoms with Gasteiger partial charge in [0, 0.05) is 24.5 Å². The van der Waals surface area contributed by atoms with Crippen LogP contribution in [0.1, 0.15) is 38.7 Å². The topological polar surface area (TPSA) is 58.6 Å². The lowest BCUT2D eigenvalue weighted by molar-refractivity contribution is -0.141. The lowest BCUT2D eigenvalue weighted by atomic mass is 10.1. The van der Waals surface area contributed by atoms with Gasteiger partial charge in [-0.15, -0.1) is 0 Å². The van der Waals surface area contributed by atoms with E-state index in [-0.39, 0.29) is 30.6 Å². The number of nitrogens with zero attached hydrogens (tertiary/aromatic N) is 1. The van der Waals surface area contributed by atoms with Gasteiger partial charge in [-0.25, -0.2) is 4.39 Å². The molecule has 1 N–H and O–H groups in total. The van der Waals surface area contributed by atoms with Crippen LogP contribution in [0.2, 0.25) is 5.02 Å². The van der Waals surface area contributed by atoms with E-state index in [1.165, 1.54) is 12.1 Å². The molecule has 0 saturated heterocycles. The summed E-state index contributed by atoms with van der Waals surface area (Å²) in [6.45, 7) is 4.81. The predicted octanol–water partition coefficient (Wildman–Crippen LogP) is 4.58. The quantitative estimate of drug-likeness (QED) is 0.526. The minimum atomic E-state index is -0.584. The molecular formula is C23H28ClFN2O3. The molecule has 0 radical (unpaired) electrons. The van der Waals surface area contributed by atoms with Crippen LogP contribution in [0, 0.1) is 5.82 Å². The van der Waals surface area contributed by atoms with Gasteiger partial charge in [0.15, 0.2) is 0 Å². The number of nitrogens with one attached hydrogen (secondary N) is 1. The number of benzene rings is 2. The Morgan fingerprint density at radius 2 is 1.77 bits per heavy atom. The molecule has 2 aromatic carbocycles. The molecule has 0 aliphatic carbocycles. The third kappa shape index (κ3) is 7.34. The maximum Gasteiger partial charge on any atom is 0.242 e. The molecule has 0 spiro atoms. The summed E-state index contributed by atoms with van der Waals surface area (Å²) in [5.41, 5.74) is 0.768. The largest absolute Gasteiger partial charge is 0.494 e. The fraction of sp³-hybridized carbons (Fsp3) is 0.391. The van der Waals surface area contributed by atoms with Crippen molar-refractivity contribution >= 4 is 23.4 Å². The van der Waals surface area contributed by atoms with Gasteiger partial charge >= 0.3 is 0 Å². The Balaban J connectivity index is 2.01. The van der Waals surface area contributed by atoms with E-state index >= 15 is 0 Å². The van der Waals surface area contributed by atoms with Crippen molar-refractivity contribution in [3.8, 4) is 5.75 Å². The highest BCUT2D eigenvalue weighted by Crippen LogP contribution is 2.17. The zero-order valence-corrected chi connectivity index (χ0v) is 18.1. The first-order valence-electron chi connectivity index (χ1n) is 10.1. The molecule has 0 aliphatic heterocycles. The minimum absolute atomic E-state index is 0.142. The predicted molar refractivity (Wildman–Crippen MR) is 116 cm³/mol. The maximum absolute atomic E-state index is 13.2. The SMILES string of the molecule is CCNC(=O)[C@H](CC)N(Cc1ccc(F)cc1)C(=O)CCCOc1ccc(Cl)cc1. The summed E-state index contributed by atoms with van der Waals surface area (Å²) in [6.07, 6.45) is 1.23. The fourth-order valence-corrected chi connectivity index (χ4v) is 3.21. The van der Waals surface area contributed by atoms with Crippen LogP contribution < -0.4 is 10.1 Å². The van der Waals surface area contributed by atoms with Crippen LogP contribution in [0.15, 0.2) is 48.5 Å². The zero-order chi connectivity index (χ0) is 21.9. The Kier molecular flexibility index (Phi) is 9.61. The molecule has 0 saturated carbocycles. The van der Waals surface area contributed by atoms with Gasteiger partial charge in [0.25, 0.3) is 0 Å². The van der Waals surface area contributed by atoms with Crippen LogP contribution in [0.5, 0.6) is 5.75 Å². The van der Waals surface area contributed by atoms with Gasteiger partial charge in [-0.2, -0.15) is 0 Å². The standard InChI is InChI=1S/C23H28ClFN2O3/c1-3-21(23(29)26-4-2)27(16-17-7-11-19(25)12-8-17)22(28)6-5-15-30-20-13-9-18(24)10-14-20/h7-14,21H,3-6,15-16H2,1-2H3,(H,26,29)/t21-/m0/s1. The summed E-state index contributed by atoms with van der Waals surface area (Å²) >= 11 is 5.86. The number of likely N-dealkylation sites (N-methyl/N-ethyl adjacent to an activating group) is 1. The first kappa shape index (κ1) is 23.7. The van der Waals surface area contributed by atoms with Gasteiger partial charge in [-0.1, -0.05) is 30.7 Å². The van der Waals surface area contributed by atoms with Gasteiger partial charge in [-0.3, -0.25) is 9.59 Å². The van der Waals surface area contributed by atoms with E-state index in [0.717, 1.165) is 5.56 Å². The summed E-state index contributed by atoms with van der Waals surface area (Å²) in [5.74, 6) is 0.0144. The molecule has 2 amide bonds. The van der Waals surface area contributed by atoms with Crippen molar-refractivity contribution in [1.29, 1.82) is 0 Å². The number of carbonyl (C=O) groups is 2. The zero-order valence-electron chi connectivity index (χ0n) is 17.4. The van der Waals surface area contributed by atoms with Crippen LogP contribution in [0.4, 0.5) is 4.39 Å². The molecule has 0 unspecified atom stereocenters. The summed E-state index contributed by atoms with van der Waals surface area (Å²) < 4.78 is 18.9. The lowest BCUT2D eigenvalue weighted by Gasteiger charge is -2.30. The molecule has 1 atom stereocenters. The Morgan fingerprint density at radius 3 is 2.37 bits per heavy atom. The first-order valence-corrected chi connectivity index (χ1v) is 10.5. The van der Waals surface area contributed by atoms with Gasteiger partial charge in [0.2, 0.25) is 11.8 Å². The van der Waals surface area contributed by atoms with Crippen molar-refractivity contribution in [2.75, 3.05) is 13.2 Å². The van der Waals surface area contributed by atoms with E-state index in [4.69, 9.17) is 16.3 Å². The van der Waals surface area contributed by atoms with Crippen molar-refractivity contribution in [1.82, 2.24) is 10.2 Å². The number of amides is 2. The van der Waals surface area contributed by atoms with Crippen LogP contribution in [0.3, 0.4) is 0 Å². The second kappa shape index (κ2) is 12.2. The molecule has 0 aliphatic rings. The number of ether oxygens (including phenoxy) is 1. The average molecular weight is 435 g/mol. The second-order valence-electron chi connectivity index (χ2n) is 6.87. The molecule has 30 heavy (non-hydrogen) atoms. The van der Waals surface area contributed by atoms with Crippen molar-refractivity contribution in [2.24, 2.45) is 0 Å². The van der Waals surface area contributed by atoms with E-state index in [1.54, 1.807) is 41.3 Å². The lowest BCUT2D eigenvalue weighted by Crippen LogP contribution is -2.49. The van der Waals surface area contributed by atoms with E-state index in [1.807, 2.05) is 13.8 Å². The molecule has 0 fully saturated rings. The monoisotopic (exact) mass is 434 g/mol. The van der Waals surface area contributed by atoms with E-state index in [2.05, 4.69) is 5.32 Å². The van der Waals surface area contributed by atoms with E-state index in [0.29, 0.717) is 36.8 Å². The number of hydrogen-bond donors (Lipinski definition) is 1. The molecule has 0 aromatic heterocycles. The second-order valence-corrected chi connectivity index (χ2v) is 7.31. The maximum atomic E-state index is 13.2. The minimum Gasteiger partial charge on any atom is -0.494 e. The smallest absolute Gasteiger partial charge is 0.242 e. The van der Waals surface area contributed by atoms with Gasteiger partial charge in [0.1, 0.15) is 17.6 Å². The molecule has 2 aromatic rings. The highest BCUT2D eigenvalue weighted by molar-refractivity contribution is 6.30. The molecule has 162 valence electrons. The van der Waals surface area contributed by atoms with Crippen molar-refractivity contribution < 1.29 is 18.7 Å². The highest BCUT2D eigenvalue weighted by atomic mass is 35.5. The third-order valence-corrected chi connectivity index (χ3v) is 4.87. The number of halogens is 2. The molecule has 5 nitrogen and oxygen atoms in total. The Labute approximate surface area is 182 Å². The Bertz CT molecular complexity index is 812. The van der Waals surface area contributed by atoms with Crippen molar-refractivity contribution in [3.05, 3.63) is 64.9 Å². The van der Waals surface area contributed by atoms with Crippen molar-refractivity contribution in [3.63, 3.8) is 0 Å². The van der Waals surface area contributed by atoms with Gasteiger partial charge < -0.3 is 15.0 Å². The summed E-state index contributed by atoms with van der Waals surface area (Å²) in [4.78, 5) is 27.1. The number of carbonyl (C=O) groups excluding carboxylic acids is 2. The number of rotatable bonds is 11. The molecule has 2 rings (SSSR count). The van der Waals surface area contributed by atoms with Gasteiger partial charge in [0.05, 0.1) is 6.61 Å². The average Bonchev–Trinajstić information content (AvgIpc) is 2.74. The van der Waals surface area contributed by atoms with Gasteiger partial charge in [-0.05, 0) is 61.7 Å². The summed E-state index contributed by atoms with van der Waals surface area (Å²) in [5, 5.41) is 3.42. The highest BCUT2D eigenvalue weighted by Gasteiger charge is 2.28. The Hall–Kier alpha value is -2.60. The molecule has 0 heterocycles. The molecular weight excluding hydrogens is 407 g/mol. The molecule has 7 heteroatoms. The Morgan fingerprint density at radius 1 is 1.10 bits per heavy atom. The van der Waals surface area contributed by atoms with Crippen LogP contribution in [-0.4, -0.2) is 35.9 Å². The number of hydrogen-bond acceptors (Lipinski definition) is 3. The van der Waals surface area contributed by atoms with E-state index < -0.39 is 6.04 Å². The third-order valence-electron chi connectivity index (χ3n) is 4.62. The summed E-state index contributed by atoms with van der Waals surface area (Å²) in [7, 11) is 0. The van der Waals surface area contributed by atoms with Crippen LogP contribution in [0.25, 0.3) is 0 Å². The van der Waals surface area contributed by atoms with E-state index in [9.17, 15) is 14.0 Å². The molecule has 0 bridgehead atoms. The van der Waals surface area contributed by atoms with Crippen LogP contribution >= 0.6 is 11.6 Å². The normalized spacial score (nSPS) is 11.6. The van der Waals surface area contributed by atoms with Crippen molar-refractivity contribution in [2.45, 2.75) is 45.7 Å². The first-order chi connectivity index (χ1) is 14.4. The van der Waals surface area contributed by atoms with Crippen LogP contribution in [-0.2, 0) is 16.1 Å². The fourth-order valence-electron chi connectivity index (χ4n) is 3.09. The summed E-state index contributed by atoms with van der Waals surface area (Å²) in [6, 6.07) is 12.4.